The Kier molecular flexibility index (Phi) is 5.30. The number of benzene rings is 2. The Morgan fingerprint density at radius 3 is 2.42 bits per heavy atom. The van der Waals surface area contributed by atoms with E-state index in [-0.39, 0.29) is 15.0 Å². The van der Waals surface area contributed by atoms with Gasteiger partial charge >= 0.3 is 124 Å². The van der Waals surface area contributed by atoms with E-state index in [4.69, 9.17) is 5.26 Å². The number of hydrogen-bond acceptors (Lipinski definition) is 2. The molecule has 0 saturated heterocycles. The van der Waals surface area contributed by atoms with E-state index in [0.29, 0.717) is 0 Å². The molecular formula is C16H13NSSe. The maximum absolute atomic E-state index is 8.93. The van der Waals surface area contributed by atoms with Gasteiger partial charge in [-0.2, -0.15) is 0 Å². The number of thioether (sulfide) groups is 1. The summed E-state index contributed by atoms with van der Waals surface area (Å²) >= 11 is 1.49. The normalized spacial score (nSPS) is 11.1. The molecule has 0 N–H and O–H groups in total. The van der Waals surface area contributed by atoms with E-state index < -0.39 is 0 Å². The Hall–Kier alpha value is -1.46. The van der Waals surface area contributed by atoms with Crippen LogP contribution < -0.4 is 4.46 Å². The molecule has 3 heteroatoms. The summed E-state index contributed by atoms with van der Waals surface area (Å²) in [7, 11) is 0. The first-order valence-electron chi connectivity index (χ1n) is 5.84. The van der Waals surface area contributed by atoms with Crippen LogP contribution in [0.1, 0.15) is 11.1 Å². The molecule has 0 saturated carbocycles. The van der Waals surface area contributed by atoms with Crippen molar-refractivity contribution in [3.05, 3.63) is 70.7 Å². The van der Waals surface area contributed by atoms with Crippen LogP contribution in [0, 0.1) is 17.6 Å². The number of aryl methyl sites for hydroxylation is 1. The molecule has 2 aromatic rings. The van der Waals surface area contributed by atoms with Crippen molar-refractivity contribution in [3.63, 3.8) is 0 Å². The first-order valence-corrected chi connectivity index (χ1v) is 8.50. The minimum absolute atomic E-state index is 0.255. The van der Waals surface area contributed by atoms with Crippen LogP contribution in [-0.2, 0) is 0 Å². The van der Waals surface area contributed by atoms with E-state index in [1.807, 2.05) is 18.2 Å². The molecule has 0 bridgehead atoms. The second-order valence-electron chi connectivity index (χ2n) is 3.97. The van der Waals surface area contributed by atoms with Crippen LogP contribution >= 0.6 is 11.8 Å². The molecule has 0 fully saturated rings. The van der Waals surface area contributed by atoms with Gasteiger partial charge in [0.2, 0.25) is 0 Å². The second kappa shape index (κ2) is 7.21. The van der Waals surface area contributed by atoms with Crippen LogP contribution in [0.5, 0.6) is 0 Å². The molecule has 0 aliphatic rings. The van der Waals surface area contributed by atoms with Crippen LogP contribution in [0.4, 0.5) is 0 Å². The molecule has 19 heavy (non-hydrogen) atoms. The van der Waals surface area contributed by atoms with Gasteiger partial charge < -0.3 is 0 Å². The Labute approximate surface area is 124 Å². The van der Waals surface area contributed by atoms with Gasteiger partial charge in [0.05, 0.1) is 0 Å². The molecule has 1 nitrogen and oxygen atoms in total. The summed E-state index contributed by atoms with van der Waals surface area (Å²) in [5.41, 5.74) is 2.36. The molecule has 0 radical (unpaired) electrons. The Balaban J connectivity index is 2.20. The SMILES string of the molecule is Cc1ccc(C(=C[Se]c2ccccc2)SC#N)cc1. The zero-order chi connectivity index (χ0) is 13.5. The predicted octanol–water partition coefficient (Wildman–Crippen LogP) is 3.54. The fourth-order valence-electron chi connectivity index (χ4n) is 1.54. The first kappa shape index (κ1) is 14.0. The zero-order valence-corrected chi connectivity index (χ0v) is 13.1. The quantitative estimate of drug-likeness (QED) is 0.632. The van der Waals surface area contributed by atoms with Gasteiger partial charge in [-0.3, -0.25) is 0 Å². The Morgan fingerprint density at radius 2 is 1.79 bits per heavy atom. The van der Waals surface area contributed by atoms with Crippen LogP contribution in [-0.4, -0.2) is 15.0 Å². The van der Waals surface area contributed by atoms with E-state index in [1.54, 1.807) is 0 Å². The Bertz CT molecular complexity index is 597. The van der Waals surface area contributed by atoms with Gasteiger partial charge in [0.15, 0.2) is 0 Å². The third-order valence-electron chi connectivity index (χ3n) is 2.54. The standard InChI is InChI=1S/C16H13NSSe/c1-13-7-9-14(10-8-13)16(18-12-17)11-19-15-5-3-2-4-6-15/h2-11H,1H3. The molecule has 0 aromatic heterocycles. The molecule has 0 aliphatic carbocycles. The second-order valence-corrected chi connectivity index (χ2v) is 6.78. The molecule has 0 atom stereocenters. The van der Waals surface area contributed by atoms with E-state index in [9.17, 15) is 0 Å². The summed E-state index contributed by atoms with van der Waals surface area (Å²) in [6.45, 7) is 2.07. The van der Waals surface area contributed by atoms with Crippen LogP contribution in [0.15, 0.2) is 59.6 Å². The summed E-state index contributed by atoms with van der Waals surface area (Å²) < 4.78 is 1.32. The third kappa shape index (κ3) is 4.29. The summed E-state index contributed by atoms with van der Waals surface area (Å²) in [5, 5.41) is 11.1. The average molecular weight is 330 g/mol. The average Bonchev–Trinajstić information content (AvgIpc) is 2.46. The van der Waals surface area contributed by atoms with Gasteiger partial charge in [-0.25, -0.2) is 0 Å². The molecule has 2 rings (SSSR count). The first-order chi connectivity index (χ1) is 9.29. The predicted molar refractivity (Wildman–Crippen MR) is 84.2 cm³/mol. The fourth-order valence-corrected chi connectivity index (χ4v) is 3.95. The van der Waals surface area contributed by atoms with Gasteiger partial charge in [-0.15, -0.1) is 0 Å². The third-order valence-corrected chi connectivity index (χ3v) is 5.42. The molecule has 0 unspecified atom stereocenters. The van der Waals surface area contributed by atoms with Crippen molar-refractivity contribution in [2.24, 2.45) is 0 Å². The van der Waals surface area contributed by atoms with Crippen molar-refractivity contribution < 1.29 is 0 Å². The van der Waals surface area contributed by atoms with Gasteiger partial charge in [-0.1, -0.05) is 0 Å². The number of nitrogens with zero attached hydrogens (tertiary/aromatic N) is 1. The summed E-state index contributed by atoms with van der Waals surface area (Å²) in [6, 6.07) is 18.7. The van der Waals surface area contributed by atoms with Crippen molar-refractivity contribution in [2.45, 2.75) is 6.92 Å². The van der Waals surface area contributed by atoms with Crippen LogP contribution in [0.25, 0.3) is 4.91 Å². The van der Waals surface area contributed by atoms with Crippen molar-refractivity contribution in [3.8, 4) is 5.40 Å². The topological polar surface area (TPSA) is 23.8 Å². The molecule has 94 valence electrons. The van der Waals surface area contributed by atoms with Crippen LogP contribution in [0.2, 0.25) is 0 Å². The van der Waals surface area contributed by atoms with Crippen molar-refractivity contribution in [1.29, 1.82) is 5.26 Å². The molecule has 0 amide bonds. The summed E-state index contributed by atoms with van der Waals surface area (Å²) in [5.74, 6) is 0. The Morgan fingerprint density at radius 1 is 1.11 bits per heavy atom. The zero-order valence-electron chi connectivity index (χ0n) is 10.5. The van der Waals surface area contributed by atoms with E-state index >= 15 is 0 Å². The monoisotopic (exact) mass is 331 g/mol. The number of rotatable bonds is 4. The van der Waals surface area contributed by atoms with Gasteiger partial charge in [0, 0.05) is 0 Å². The number of thiocyanates is 1. The molecular weight excluding hydrogens is 317 g/mol. The summed E-state index contributed by atoms with van der Waals surface area (Å²) in [4.78, 5) is 3.23. The van der Waals surface area contributed by atoms with Crippen molar-refractivity contribution in [1.82, 2.24) is 0 Å². The van der Waals surface area contributed by atoms with E-state index in [2.05, 4.69) is 53.7 Å². The van der Waals surface area contributed by atoms with Crippen molar-refractivity contribution in [2.75, 3.05) is 0 Å². The molecule has 0 spiro atoms. The van der Waals surface area contributed by atoms with Gasteiger partial charge in [-0.05, 0) is 0 Å². The number of hydrogen-bond donors (Lipinski definition) is 0. The van der Waals surface area contributed by atoms with E-state index in [1.165, 1.54) is 21.8 Å². The van der Waals surface area contributed by atoms with Crippen molar-refractivity contribution >= 4 is 36.1 Å². The summed E-state index contributed by atoms with van der Waals surface area (Å²) in [6.07, 6.45) is 0. The minimum atomic E-state index is 0.255. The molecule has 0 aliphatic heterocycles. The van der Waals surface area contributed by atoms with Gasteiger partial charge in [0.25, 0.3) is 0 Å². The molecule has 0 heterocycles. The van der Waals surface area contributed by atoms with Crippen LogP contribution in [0.3, 0.4) is 0 Å². The fraction of sp³-hybridized carbons (Fsp3) is 0.0625. The molecule has 2 aromatic carbocycles. The van der Waals surface area contributed by atoms with Gasteiger partial charge in [0.1, 0.15) is 0 Å². The number of nitriles is 1. The van der Waals surface area contributed by atoms with E-state index in [0.717, 1.165) is 10.5 Å². The maximum atomic E-state index is 8.93.